The van der Waals surface area contributed by atoms with Crippen LogP contribution in [-0.4, -0.2) is 32.1 Å². The van der Waals surface area contributed by atoms with Crippen molar-refractivity contribution in [2.75, 3.05) is 6.61 Å². The van der Waals surface area contributed by atoms with Crippen molar-refractivity contribution in [3.8, 4) is 0 Å². The Morgan fingerprint density at radius 1 is 1.31 bits per heavy atom. The van der Waals surface area contributed by atoms with E-state index in [0.29, 0.717) is 5.92 Å². The Hall–Kier alpha value is 0.162. The lowest BCUT2D eigenvalue weighted by molar-refractivity contribution is 0.274. The van der Waals surface area contributed by atoms with E-state index in [1.165, 1.54) is 0 Å². The first-order valence-electron chi connectivity index (χ1n) is 6.15. The third kappa shape index (κ3) is 3.58. The maximum Gasteiger partial charge on any atom is 0.455 e. The number of hydrogen-bond donors (Lipinski definition) is 2. The van der Waals surface area contributed by atoms with Crippen LogP contribution in [0.2, 0.25) is 23.9 Å². The van der Waals surface area contributed by atoms with Gasteiger partial charge in [-0.2, -0.15) is 0 Å². The summed E-state index contributed by atoms with van der Waals surface area (Å²) in [5.74, 6) is 0.563. The predicted octanol–water partition coefficient (Wildman–Crippen LogP) is 2.26. The fourth-order valence-corrected chi connectivity index (χ4v) is 2.71. The molecule has 94 valence electrons. The van der Waals surface area contributed by atoms with Crippen molar-refractivity contribution in [3.63, 3.8) is 0 Å². The minimum atomic E-state index is -1.62. The number of rotatable bonds is 5. The van der Waals surface area contributed by atoms with Crippen LogP contribution in [-0.2, 0) is 4.43 Å². The first kappa shape index (κ1) is 14.2. The SMILES string of the molecule is CC(C)(C)[Si](C)(C)OCCC1CC1B(O)O. The molecule has 1 fully saturated rings. The highest BCUT2D eigenvalue weighted by Gasteiger charge is 2.45. The summed E-state index contributed by atoms with van der Waals surface area (Å²) >= 11 is 0. The Balaban J connectivity index is 2.22. The Bertz CT molecular complexity index is 238. The van der Waals surface area contributed by atoms with Crippen molar-refractivity contribution < 1.29 is 14.5 Å². The van der Waals surface area contributed by atoms with E-state index >= 15 is 0 Å². The highest BCUT2D eigenvalue weighted by atomic mass is 28.4. The van der Waals surface area contributed by atoms with E-state index in [1.54, 1.807) is 0 Å². The predicted molar refractivity (Wildman–Crippen MR) is 69.8 cm³/mol. The second kappa shape index (κ2) is 4.80. The molecule has 5 heteroatoms. The first-order valence-corrected chi connectivity index (χ1v) is 9.06. The van der Waals surface area contributed by atoms with E-state index in [2.05, 4.69) is 33.9 Å². The molecule has 0 radical (unpaired) electrons. The molecule has 0 heterocycles. The zero-order chi connectivity index (χ0) is 12.6. The van der Waals surface area contributed by atoms with Crippen LogP contribution in [0.4, 0.5) is 0 Å². The summed E-state index contributed by atoms with van der Waals surface area (Å²) in [6, 6.07) is 0. The van der Waals surface area contributed by atoms with Crippen molar-refractivity contribution in [1.29, 1.82) is 0 Å². The van der Waals surface area contributed by atoms with E-state index < -0.39 is 15.4 Å². The summed E-state index contributed by atoms with van der Waals surface area (Å²) in [6.07, 6.45) is 1.91. The van der Waals surface area contributed by atoms with Gasteiger partial charge in [-0.1, -0.05) is 20.8 Å². The summed E-state index contributed by atoms with van der Waals surface area (Å²) in [5.41, 5.74) is 0. The molecule has 0 aromatic heterocycles. The summed E-state index contributed by atoms with van der Waals surface area (Å²) < 4.78 is 6.05. The normalized spacial score (nSPS) is 25.7. The van der Waals surface area contributed by atoms with Gasteiger partial charge in [0, 0.05) is 6.61 Å². The first-order chi connectivity index (χ1) is 7.15. The van der Waals surface area contributed by atoms with Gasteiger partial charge in [-0.05, 0) is 42.7 Å². The van der Waals surface area contributed by atoms with Gasteiger partial charge < -0.3 is 14.5 Å². The van der Waals surface area contributed by atoms with Crippen molar-refractivity contribution in [1.82, 2.24) is 0 Å². The highest BCUT2D eigenvalue weighted by Crippen LogP contribution is 2.48. The highest BCUT2D eigenvalue weighted by molar-refractivity contribution is 6.74. The molecule has 2 unspecified atom stereocenters. The van der Waals surface area contributed by atoms with Crippen LogP contribution in [0.25, 0.3) is 0 Å². The molecule has 0 aromatic carbocycles. The van der Waals surface area contributed by atoms with E-state index in [-0.39, 0.29) is 10.9 Å². The lowest BCUT2D eigenvalue weighted by Crippen LogP contribution is -2.41. The van der Waals surface area contributed by atoms with Crippen LogP contribution in [0.5, 0.6) is 0 Å². The maximum absolute atomic E-state index is 8.97. The Labute approximate surface area is 100 Å². The molecule has 2 N–H and O–H groups in total. The molecular weight excluding hydrogens is 219 g/mol. The second-order valence-electron chi connectivity index (χ2n) is 6.47. The summed E-state index contributed by atoms with van der Waals surface area (Å²) in [4.78, 5) is 0. The summed E-state index contributed by atoms with van der Waals surface area (Å²) in [6.45, 7) is 12.0. The smallest absolute Gasteiger partial charge is 0.427 e. The lowest BCUT2D eigenvalue weighted by atomic mass is 9.82. The molecule has 0 saturated heterocycles. The summed E-state index contributed by atoms with van der Waals surface area (Å²) in [7, 11) is -2.75. The van der Waals surface area contributed by atoms with Crippen LogP contribution < -0.4 is 0 Å². The van der Waals surface area contributed by atoms with Gasteiger partial charge in [-0.25, -0.2) is 0 Å². The molecule has 2 atom stereocenters. The van der Waals surface area contributed by atoms with Crippen LogP contribution in [0.3, 0.4) is 0 Å². The molecule has 0 bridgehead atoms. The average molecular weight is 244 g/mol. The van der Waals surface area contributed by atoms with Gasteiger partial charge in [0.15, 0.2) is 8.32 Å². The van der Waals surface area contributed by atoms with Crippen LogP contribution in [0, 0.1) is 5.92 Å². The van der Waals surface area contributed by atoms with Crippen LogP contribution in [0.1, 0.15) is 33.6 Å². The molecule has 1 aliphatic carbocycles. The van der Waals surface area contributed by atoms with E-state index in [9.17, 15) is 0 Å². The van der Waals surface area contributed by atoms with Crippen molar-refractivity contribution in [2.24, 2.45) is 5.92 Å². The Morgan fingerprint density at radius 2 is 1.88 bits per heavy atom. The van der Waals surface area contributed by atoms with Crippen LogP contribution >= 0.6 is 0 Å². The van der Waals surface area contributed by atoms with Gasteiger partial charge in [-0.3, -0.25) is 0 Å². The van der Waals surface area contributed by atoms with Crippen molar-refractivity contribution in [3.05, 3.63) is 0 Å². The van der Waals surface area contributed by atoms with Gasteiger partial charge in [0.2, 0.25) is 0 Å². The molecule has 1 saturated carbocycles. The van der Waals surface area contributed by atoms with E-state index in [1.807, 2.05) is 0 Å². The quantitative estimate of drug-likeness (QED) is 0.729. The standard InChI is InChI=1S/C11H25BO3Si/c1-11(2,3)16(4,5)15-7-6-9-8-10(9)12(13)14/h9-10,13-14H,6-8H2,1-5H3. The zero-order valence-corrected chi connectivity index (χ0v) is 12.2. The largest absolute Gasteiger partial charge is 0.455 e. The van der Waals surface area contributed by atoms with E-state index in [4.69, 9.17) is 14.5 Å². The Morgan fingerprint density at radius 3 is 2.25 bits per heavy atom. The number of hydrogen-bond acceptors (Lipinski definition) is 3. The minimum Gasteiger partial charge on any atom is -0.427 e. The van der Waals surface area contributed by atoms with E-state index in [0.717, 1.165) is 19.4 Å². The topological polar surface area (TPSA) is 49.7 Å². The van der Waals surface area contributed by atoms with Crippen molar-refractivity contribution >= 4 is 15.4 Å². The van der Waals surface area contributed by atoms with Gasteiger partial charge in [-0.15, -0.1) is 0 Å². The minimum absolute atomic E-state index is 0.100. The molecule has 0 aliphatic heterocycles. The molecule has 0 amide bonds. The molecule has 1 aliphatic rings. The maximum atomic E-state index is 8.97. The second-order valence-corrected chi connectivity index (χ2v) is 11.3. The lowest BCUT2D eigenvalue weighted by Gasteiger charge is -2.36. The fourth-order valence-electron chi connectivity index (χ4n) is 1.65. The molecule has 16 heavy (non-hydrogen) atoms. The molecule has 0 spiro atoms. The monoisotopic (exact) mass is 244 g/mol. The van der Waals surface area contributed by atoms with Crippen molar-refractivity contribution in [2.45, 2.75) is 57.6 Å². The third-order valence-corrected chi connectivity index (χ3v) is 8.66. The van der Waals surface area contributed by atoms with Crippen LogP contribution in [0.15, 0.2) is 0 Å². The van der Waals surface area contributed by atoms with Gasteiger partial charge in [0.1, 0.15) is 0 Å². The molecule has 0 aromatic rings. The average Bonchev–Trinajstić information content (AvgIpc) is 2.81. The zero-order valence-electron chi connectivity index (χ0n) is 11.2. The molecule has 3 nitrogen and oxygen atoms in total. The van der Waals surface area contributed by atoms with Gasteiger partial charge in [0.05, 0.1) is 0 Å². The fraction of sp³-hybridized carbons (Fsp3) is 1.00. The molecular formula is C11H25BO3Si. The van der Waals surface area contributed by atoms with Gasteiger partial charge in [0.25, 0.3) is 0 Å². The van der Waals surface area contributed by atoms with Gasteiger partial charge >= 0.3 is 7.12 Å². The summed E-state index contributed by atoms with van der Waals surface area (Å²) in [5, 5.41) is 18.2. The Kier molecular flexibility index (Phi) is 4.27. The molecule has 1 rings (SSSR count). The third-order valence-electron chi connectivity index (χ3n) is 4.12.